The van der Waals surface area contributed by atoms with E-state index < -0.39 is 0 Å². The number of nitrogens with zero attached hydrogens (tertiary/aromatic N) is 3. The third-order valence-corrected chi connectivity index (χ3v) is 6.16. The summed E-state index contributed by atoms with van der Waals surface area (Å²) in [7, 11) is 3.51. The molecule has 0 aliphatic carbocycles. The standard InChI is InChI=1S/C17H33N5O2S.HI/c1-17(5-4-12-25-17)14-20-16(19-13-15(23)21(2)3)18-6-7-22-8-10-24-11-9-22;/h4-14H2,1-3H3,(H2,18,19,20);1H. The number of guanidine groups is 1. The van der Waals surface area contributed by atoms with Gasteiger partial charge in [0, 0.05) is 51.6 Å². The van der Waals surface area contributed by atoms with E-state index in [1.54, 1.807) is 19.0 Å². The van der Waals surface area contributed by atoms with Crippen LogP contribution < -0.4 is 10.6 Å². The Morgan fingerprint density at radius 3 is 2.65 bits per heavy atom. The summed E-state index contributed by atoms with van der Waals surface area (Å²) in [5, 5.41) is 6.82. The van der Waals surface area contributed by atoms with Crippen molar-refractivity contribution in [1.29, 1.82) is 0 Å². The van der Waals surface area contributed by atoms with Gasteiger partial charge < -0.3 is 20.3 Å². The van der Waals surface area contributed by atoms with Crippen LogP contribution in [0.15, 0.2) is 4.99 Å². The third kappa shape index (κ3) is 8.62. The molecule has 0 saturated carbocycles. The highest BCUT2D eigenvalue weighted by Gasteiger charge is 2.29. The van der Waals surface area contributed by atoms with Crippen LogP contribution >= 0.6 is 35.7 Å². The molecule has 26 heavy (non-hydrogen) atoms. The fourth-order valence-electron chi connectivity index (χ4n) is 2.87. The van der Waals surface area contributed by atoms with Crippen molar-refractivity contribution in [2.24, 2.45) is 4.99 Å². The molecule has 2 aliphatic rings. The van der Waals surface area contributed by atoms with Gasteiger partial charge in [-0.2, -0.15) is 11.8 Å². The van der Waals surface area contributed by atoms with E-state index in [1.165, 1.54) is 18.6 Å². The van der Waals surface area contributed by atoms with Crippen molar-refractivity contribution in [3.05, 3.63) is 0 Å². The molecule has 1 atom stereocenters. The normalized spacial score (nSPS) is 24.0. The summed E-state index contributed by atoms with van der Waals surface area (Å²) in [4.78, 5) is 20.3. The van der Waals surface area contributed by atoms with E-state index in [0.717, 1.165) is 51.9 Å². The fraction of sp³-hybridized carbons (Fsp3) is 0.882. The second-order valence-electron chi connectivity index (χ2n) is 7.09. The van der Waals surface area contributed by atoms with E-state index in [9.17, 15) is 4.79 Å². The summed E-state index contributed by atoms with van der Waals surface area (Å²) < 4.78 is 5.64. The molecule has 2 N–H and O–H groups in total. The number of ether oxygens (including phenoxy) is 1. The maximum atomic E-state index is 11.8. The van der Waals surface area contributed by atoms with E-state index in [2.05, 4.69) is 27.4 Å². The molecule has 2 heterocycles. The molecule has 1 amide bonds. The van der Waals surface area contributed by atoms with Gasteiger partial charge in [-0.1, -0.05) is 0 Å². The fourth-order valence-corrected chi connectivity index (χ4v) is 4.11. The van der Waals surface area contributed by atoms with Gasteiger partial charge in [0.25, 0.3) is 0 Å². The van der Waals surface area contributed by atoms with E-state index in [1.807, 2.05) is 11.8 Å². The van der Waals surface area contributed by atoms with Crippen LogP contribution in [0.25, 0.3) is 0 Å². The number of hydrogen-bond acceptors (Lipinski definition) is 5. The summed E-state index contributed by atoms with van der Waals surface area (Å²) >= 11 is 2.02. The molecule has 152 valence electrons. The Labute approximate surface area is 179 Å². The zero-order valence-corrected chi connectivity index (χ0v) is 19.4. The first-order valence-electron chi connectivity index (χ1n) is 9.15. The van der Waals surface area contributed by atoms with Gasteiger partial charge in [-0.15, -0.1) is 24.0 Å². The highest BCUT2D eigenvalue weighted by Crippen LogP contribution is 2.36. The van der Waals surface area contributed by atoms with E-state index in [-0.39, 0.29) is 41.2 Å². The van der Waals surface area contributed by atoms with Gasteiger partial charge in [-0.05, 0) is 25.5 Å². The van der Waals surface area contributed by atoms with Crippen molar-refractivity contribution in [2.45, 2.75) is 24.5 Å². The number of carbonyl (C=O) groups excluding carboxylic acids is 1. The molecule has 7 nitrogen and oxygen atoms in total. The highest BCUT2D eigenvalue weighted by molar-refractivity contribution is 14.0. The predicted molar refractivity (Wildman–Crippen MR) is 120 cm³/mol. The average Bonchev–Trinajstić information content (AvgIpc) is 3.04. The van der Waals surface area contributed by atoms with Gasteiger partial charge in [0.2, 0.25) is 5.91 Å². The largest absolute Gasteiger partial charge is 0.379 e. The first-order chi connectivity index (χ1) is 12.0. The molecule has 9 heteroatoms. The third-order valence-electron chi connectivity index (χ3n) is 4.63. The maximum absolute atomic E-state index is 11.8. The number of thioether (sulfide) groups is 1. The summed E-state index contributed by atoms with van der Waals surface area (Å²) in [5.41, 5.74) is 0. The zero-order valence-electron chi connectivity index (χ0n) is 16.3. The Bertz CT molecular complexity index is 452. The van der Waals surface area contributed by atoms with E-state index in [0.29, 0.717) is 0 Å². The number of halogens is 1. The summed E-state index contributed by atoms with van der Waals surface area (Å²) in [6.07, 6.45) is 2.50. The first-order valence-corrected chi connectivity index (χ1v) is 10.1. The lowest BCUT2D eigenvalue weighted by Gasteiger charge is -2.27. The minimum Gasteiger partial charge on any atom is -0.379 e. The molecule has 0 radical (unpaired) electrons. The number of nitrogens with one attached hydrogen (secondary N) is 2. The smallest absolute Gasteiger partial charge is 0.243 e. The van der Waals surface area contributed by atoms with Gasteiger partial charge in [-0.3, -0.25) is 9.69 Å². The second kappa shape index (κ2) is 12.2. The van der Waals surface area contributed by atoms with Crippen LogP contribution in [0.1, 0.15) is 19.8 Å². The topological polar surface area (TPSA) is 69.2 Å². The second-order valence-corrected chi connectivity index (χ2v) is 8.77. The maximum Gasteiger partial charge on any atom is 0.243 e. The van der Waals surface area contributed by atoms with Crippen LogP contribution in [0.2, 0.25) is 0 Å². The van der Waals surface area contributed by atoms with Crippen LogP contribution in [0.4, 0.5) is 0 Å². The van der Waals surface area contributed by atoms with Crippen LogP contribution in [-0.4, -0.2) is 98.7 Å². The molecule has 0 bridgehead atoms. The van der Waals surface area contributed by atoms with Crippen molar-refractivity contribution in [2.75, 3.05) is 72.3 Å². The minimum absolute atomic E-state index is 0. The van der Waals surface area contributed by atoms with Gasteiger partial charge in [0.15, 0.2) is 5.96 Å². The minimum atomic E-state index is 0. The van der Waals surface area contributed by atoms with Gasteiger partial charge in [-0.25, -0.2) is 4.99 Å². The van der Waals surface area contributed by atoms with Crippen molar-refractivity contribution >= 4 is 47.6 Å². The lowest BCUT2D eigenvalue weighted by Crippen LogP contribution is -2.47. The molecule has 1 unspecified atom stereocenters. The van der Waals surface area contributed by atoms with Crippen LogP contribution in [-0.2, 0) is 9.53 Å². The summed E-state index contributed by atoms with van der Waals surface area (Å²) in [6, 6.07) is 0. The average molecular weight is 499 g/mol. The number of hydrogen-bond donors (Lipinski definition) is 2. The van der Waals surface area contributed by atoms with E-state index >= 15 is 0 Å². The Balaban J connectivity index is 0.00000338. The Kier molecular flexibility index (Phi) is 11.2. The molecule has 2 saturated heterocycles. The number of likely N-dealkylation sites (N-methyl/N-ethyl adjacent to an activating group) is 1. The Morgan fingerprint density at radius 1 is 1.31 bits per heavy atom. The van der Waals surface area contributed by atoms with Crippen molar-refractivity contribution < 1.29 is 9.53 Å². The molecule has 0 spiro atoms. The number of amides is 1. The van der Waals surface area contributed by atoms with Crippen molar-refractivity contribution in [1.82, 2.24) is 20.4 Å². The van der Waals surface area contributed by atoms with Gasteiger partial charge in [0.05, 0.1) is 13.2 Å². The van der Waals surface area contributed by atoms with Gasteiger partial charge >= 0.3 is 0 Å². The molecule has 0 aromatic carbocycles. The molecule has 2 aliphatic heterocycles. The van der Waals surface area contributed by atoms with Crippen molar-refractivity contribution in [3.63, 3.8) is 0 Å². The number of rotatable bonds is 7. The van der Waals surface area contributed by atoms with Crippen LogP contribution in [0.3, 0.4) is 0 Å². The van der Waals surface area contributed by atoms with Gasteiger partial charge in [0.1, 0.15) is 6.54 Å². The summed E-state index contributed by atoms with van der Waals surface area (Å²) in [6.45, 7) is 8.70. The number of aliphatic imine (C=N–C) groups is 1. The Hall–Kier alpha value is -0.260. The summed E-state index contributed by atoms with van der Waals surface area (Å²) in [5.74, 6) is 1.97. The zero-order chi connectivity index (χ0) is 18.1. The molecule has 0 aromatic heterocycles. The van der Waals surface area contributed by atoms with Crippen LogP contribution in [0, 0.1) is 0 Å². The van der Waals surface area contributed by atoms with E-state index in [4.69, 9.17) is 4.74 Å². The molecule has 2 fully saturated rings. The quantitative estimate of drug-likeness (QED) is 0.308. The molecular formula is C17H34IN5O2S. The predicted octanol–water partition coefficient (Wildman–Crippen LogP) is 0.846. The monoisotopic (exact) mass is 499 g/mol. The lowest BCUT2D eigenvalue weighted by atomic mass is 10.1. The number of morpholine rings is 1. The lowest BCUT2D eigenvalue weighted by molar-refractivity contribution is -0.127. The molecule has 2 rings (SSSR count). The first kappa shape index (κ1) is 23.8. The SMILES string of the molecule is CN(C)C(=O)CN=C(NCCN1CCOCC1)NCC1(C)CCCS1.I. The molecular weight excluding hydrogens is 465 g/mol. The Morgan fingerprint density at radius 2 is 2.04 bits per heavy atom. The molecule has 0 aromatic rings. The number of carbonyl (C=O) groups is 1. The van der Waals surface area contributed by atoms with Crippen molar-refractivity contribution in [3.8, 4) is 0 Å². The van der Waals surface area contributed by atoms with Crippen LogP contribution in [0.5, 0.6) is 0 Å². The highest BCUT2D eigenvalue weighted by atomic mass is 127.